The fourth-order valence-electron chi connectivity index (χ4n) is 5.37. The van der Waals surface area contributed by atoms with Crippen LogP contribution in [0.15, 0.2) is 78.4 Å². The third kappa shape index (κ3) is 6.35. The Bertz CT molecular complexity index is 1480. The van der Waals surface area contributed by atoms with Crippen molar-refractivity contribution in [2.75, 3.05) is 39.4 Å². The number of ketones is 1. The molecule has 3 aromatic rings. The van der Waals surface area contributed by atoms with Crippen molar-refractivity contribution < 1.29 is 29.1 Å². The molecule has 3 aromatic carbocycles. The second-order valence-corrected chi connectivity index (χ2v) is 10.4. The van der Waals surface area contributed by atoms with E-state index in [-0.39, 0.29) is 23.6 Å². The Morgan fingerprint density at radius 3 is 2.40 bits per heavy atom. The van der Waals surface area contributed by atoms with Crippen molar-refractivity contribution in [3.8, 4) is 5.75 Å². The number of nitro groups is 1. The monoisotopic (exact) mass is 571 g/mol. The van der Waals surface area contributed by atoms with Gasteiger partial charge >= 0.3 is 0 Å². The topological polar surface area (TPSA) is 122 Å². The molecule has 1 atom stereocenters. The number of rotatable bonds is 10. The van der Waals surface area contributed by atoms with E-state index < -0.39 is 22.7 Å². The summed E-state index contributed by atoms with van der Waals surface area (Å²) in [4.78, 5) is 41.1. The van der Waals surface area contributed by atoms with Gasteiger partial charge < -0.3 is 19.5 Å². The number of Topliss-reactive ketones (excluding diaryl/α,β-unsaturated/α-hetero) is 1. The Labute approximate surface area is 243 Å². The van der Waals surface area contributed by atoms with Crippen LogP contribution in [0.4, 0.5) is 5.69 Å². The van der Waals surface area contributed by atoms with Crippen LogP contribution >= 0.6 is 0 Å². The fourth-order valence-corrected chi connectivity index (χ4v) is 5.37. The molecule has 2 saturated heterocycles. The van der Waals surface area contributed by atoms with Gasteiger partial charge in [0.05, 0.1) is 29.8 Å². The SMILES string of the molecule is Cc1cc(/C(O)=C2\C(=O)C(=O)N(CCCN3CCOCC3)[C@H]2c2ccc([N+](=O)[O-])cc2)ccc1OCc1ccccc1. The molecule has 0 bridgehead atoms. The summed E-state index contributed by atoms with van der Waals surface area (Å²) < 4.78 is 11.4. The molecule has 0 saturated carbocycles. The summed E-state index contributed by atoms with van der Waals surface area (Å²) in [7, 11) is 0. The average molecular weight is 572 g/mol. The van der Waals surface area contributed by atoms with E-state index in [0.29, 0.717) is 43.1 Å². The summed E-state index contributed by atoms with van der Waals surface area (Å²) in [6, 6.07) is 19.7. The largest absolute Gasteiger partial charge is 0.507 e. The van der Waals surface area contributed by atoms with Gasteiger partial charge in [-0.1, -0.05) is 30.3 Å². The van der Waals surface area contributed by atoms with Crippen molar-refractivity contribution in [2.45, 2.75) is 26.0 Å². The molecule has 2 aliphatic heterocycles. The number of hydrogen-bond acceptors (Lipinski definition) is 8. The number of amides is 1. The second-order valence-electron chi connectivity index (χ2n) is 10.4. The van der Waals surface area contributed by atoms with Crippen molar-refractivity contribution in [3.63, 3.8) is 0 Å². The van der Waals surface area contributed by atoms with E-state index in [1.807, 2.05) is 37.3 Å². The molecule has 10 nitrogen and oxygen atoms in total. The Morgan fingerprint density at radius 2 is 1.74 bits per heavy atom. The molecule has 218 valence electrons. The molecule has 2 fully saturated rings. The van der Waals surface area contributed by atoms with Crippen LogP contribution in [0.3, 0.4) is 0 Å². The number of ether oxygens (including phenoxy) is 2. The van der Waals surface area contributed by atoms with Gasteiger partial charge in [-0.15, -0.1) is 0 Å². The molecule has 0 unspecified atom stereocenters. The molecule has 0 radical (unpaired) electrons. The Morgan fingerprint density at radius 1 is 1.02 bits per heavy atom. The maximum atomic E-state index is 13.4. The quantitative estimate of drug-likeness (QED) is 0.123. The first kappa shape index (κ1) is 29.0. The van der Waals surface area contributed by atoms with E-state index in [4.69, 9.17) is 9.47 Å². The summed E-state index contributed by atoms with van der Waals surface area (Å²) in [5.41, 5.74) is 2.50. The van der Waals surface area contributed by atoms with Crippen molar-refractivity contribution >= 4 is 23.1 Å². The van der Waals surface area contributed by atoms with Gasteiger partial charge in [0, 0.05) is 43.9 Å². The molecule has 0 spiro atoms. The third-order valence-corrected chi connectivity index (χ3v) is 7.62. The molecule has 0 aromatic heterocycles. The Kier molecular flexibility index (Phi) is 8.94. The maximum Gasteiger partial charge on any atom is 0.295 e. The highest BCUT2D eigenvalue weighted by atomic mass is 16.6. The standard InChI is InChI=1S/C32H33N3O7/c1-22-20-25(10-13-27(22)42-21-23-6-3-2-4-7-23)30(36)28-29(24-8-11-26(12-9-24)35(39)40)34(32(38)31(28)37)15-5-14-33-16-18-41-19-17-33/h2-4,6-13,20,29,36H,5,14-19,21H2,1H3/b30-28+/t29-/m0/s1. The second kappa shape index (κ2) is 13.0. The number of non-ortho nitro benzene ring substituents is 1. The first-order valence-corrected chi connectivity index (χ1v) is 13.9. The van der Waals surface area contributed by atoms with E-state index in [1.54, 1.807) is 18.2 Å². The first-order chi connectivity index (χ1) is 20.3. The van der Waals surface area contributed by atoms with Gasteiger partial charge in [0.2, 0.25) is 0 Å². The molecule has 42 heavy (non-hydrogen) atoms. The predicted molar refractivity (Wildman–Crippen MR) is 156 cm³/mol. The summed E-state index contributed by atoms with van der Waals surface area (Å²) in [6.45, 7) is 6.14. The van der Waals surface area contributed by atoms with Crippen LogP contribution < -0.4 is 4.74 Å². The van der Waals surface area contributed by atoms with Crippen LogP contribution in [0, 0.1) is 17.0 Å². The van der Waals surface area contributed by atoms with Gasteiger partial charge in [-0.25, -0.2) is 0 Å². The summed E-state index contributed by atoms with van der Waals surface area (Å²) in [5, 5.41) is 22.7. The number of nitro benzene ring substituents is 1. The van der Waals surface area contributed by atoms with Crippen LogP contribution in [-0.4, -0.2) is 70.9 Å². The molecule has 10 heteroatoms. The zero-order valence-electron chi connectivity index (χ0n) is 23.4. The van der Waals surface area contributed by atoms with Crippen molar-refractivity contribution in [1.29, 1.82) is 0 Å². The highest BCUT2D eigenvalue weighted by molar-refractivity contribution is 6.46. The summed E-state index contributed by atoms with van der Waals surface area (Å²) in [5.74, 6) is -1.17. The maximum absolute atomic E-state index is 13.4. The summed E-state index contributed by atoms with van der Waals surface area (Å²) >= 11 is 0. The number of carbonyl (C=O) groups excluding carboxylic acids is 2. The van der Waals surface area contributed by atoms with Gasteiger partial charge in [0.1, 0.15) is 18.1 Å². The van der Waals surface area contributed by atoms with E-state index in [9.17, 15) is 24.8 Å². The molecule has 2 heterocycles. The van der Waals surface area contributed by atoms with E-state index in [1.165, 1.54) is 29.2 Å². The number of hydrogen-bond donors (Lipinski definition) is 1. The van der Waals surface area contributed by atoms with Crippen LogP contribution in [0.2, 0.25) is 0 Å². The van der Waals surface area contributed by atoms with Crippen LogP contribution in [0.25, 0.3) is 5.76 Å². The third-order valence-electron chi connectivity index (χ3n) is 7.62. The minimum absolute atomic E-state index is 0.0439. The van der Waals surface area contributed by atoms with Crippen LogP contribution in [-0.2, 0) is 20.9 Å². The molecule has 1 amide bonds. The lowest BCUT2D eigenvalue weighted by Gasteiger charge is -2.29. The number of benzene rings is 3. The lowest BCUT2D eigenvalue weighted by atomic mass is 9.94. The van der Waals surface area contributed by atoms with Gasteiger partial charge in [-0.3, -0.25) is 24.6 Å². The Balaban J connectivity index is 1.44. The van der Waals surface area contributed by atoms with Crippen molar-refractivity contribution in [1.82, 2.24) is 9.80 Å². The smallest absolute Gasteiger partial charge is 0.295 e. The summed E-state index contributed by atoms with van der Waals surface area (Å²) in [6.07, 6.45) is 0.614. The molecule has 1 N–H and O–H groups in total. The lowest BCUT2D eigenvalue weighted by Crippen LogP contribution is -2.38. The molecule has 2 aliphatic rings. The van der Waals surface area contributed by atoms with E-state index in [2.05, 4.69) is 4.90 Å². The molecule has 5 rings (SSSR count). The number of aliphatic hydroxyl groups excluding tert-OH is 1. The normalized spacial score (nSPS) is 18.8. The van der Waals surface area contributed by atoms with E-state index >= 15 is 0 Å². The number of carbonyl (C=O) groups is 2. The minimum atomic E-state index is -0.884. The molecular weight excluding hydrogens is 538 g/mol. The fraction of sp³-hybridized carbons (Fsp3) is 0.312. The van der Waals surface area contributed by atoms with Crippen molar-refractivity contribution in [3.05, 3.63) is 111 Å². The predicted octanol–water partition coefficient (Wildman–Crippen LogP) is 4.63. The first-order valence-electron chi connectivity index (χ1n) is 13.9. The number of nitrogens with zero attached hydrogens (tertiary/aromatic N) is 3. The molecule has 0 aliphatic carbocycles. The van der Waals surface area contributed by atoms with Crippen LogP contribution in [0.1, 0.15) is 34.7 Å². The van der Waals surface area contributed by atoms with Crippen LogP contribution in [0.5, 0.6) is 5.75 Å². The highest BCUT2D eigenvalue weighted by Crippen LogP contribution is 2.40. The zero-order chi connectivity index (χ0) is 29.6. The van der Waals surface area contributed by atoms with Crippen molar-refractivity contribution in [2.24, 2.45) is 0 Å². The van der Waals surface area contributed by atoms with Gasteiger partial charge in [-0.2, -0.15) is 0 Å². The van der Waals surface area contributed by atoms with Gasteiger partial charge in [0.25, 0.3) is 17.4 Å². The number of likely N-dealkylation sites (tertiary alicyclic amines) is 1. The van der Waals surface area contributed by atoms with Gasteiger partial charge in [0.15, 0.2) is 0 Å². The lowest BCUT2D eigenvalue weighted by molar-refractivity contribution is -0.384. The number of aliphatic hydroxyl groups is 1. The minimum Gasteiger partial charge on any atom is -0.507 e. The van der Waals surface area contributed by atoms with Gasteiger partial charge in [-0.05, 0) is 60.4 Å². The Hall–Kier alpha value is -4.54. The zero-order valence-corrected chi connectivity index (χ0v) is 23.4. The molecular formula is C32H33N3O7. The number of aryl methyl sites for hydroxylation is 1. The highest BCUT2D eigenvalue weighted by Gasteiger charge is 2.46. The average Bonchev–Trinajstić information content (AvgIpc) is 3.26. The number of morpholine rings is 1. The van der Waals surface area contributed by atoms with E-state index in [0.717, 1.165) is 30.8 Å².